The Labute approximate surface area is 112 Å². The monoisotopic (exact) mass is 254 g/mol. The maximum Gasteiger partial charge on any atom is 0.0695 e. The van der Waals surface area contributed by atoms with Gasteiger partial charge >= 0.3 is 0 Å². The quantitative estimate of drug-likeness (QED) is 0.814. The summed E-state index contributed by atoms with van der Waals surface area (Å²) in [4.78, 5) is 4.88. The first-order valence-electron chi connectivity index (χ1n) is 7.39. The summed E-state index contributed by atoms with van der Waals surface area (Å²) in [6.45, 7) is 9.28. The Morgan fingerprint density at radius 1 is 1.22 bits per heavy atom. The van der Waals surface area contributed by atoms with Crippen molar-refractivity contribution in [2.75, 3.05) is 27.2 Å². The average molecular weight is 254 g/mol. The van der Waals surface area contributed by atoms with Crippen molar-refractivity contribution in [3.8, 4) is 0 Å². The van der Waals surface area contributed by atoms with Crippen molar-refractivity contribution in [3.63, 3.8) is 0 Å². The normalized spacial score (nSPS) is 41.5. The molecule has 1 aliphatic carbocycles. The van der Waals surface area contributed by atoms with Crippen LogP contribution in [0.1, 0.15) is 40.0 Å². The maximum absolute atomic E-state index is 10.3. The molecule has 3 heteroatoms. The van der Waals surface area contributed by atoms with E-state index in [1.54, 1.807) is 0 Å². The van der Waals surface area contributed by atoms with Crippen LogP contribution in [0.15, 0.2) is 0 Å². The summed E-state index contributed by atoms with van der Waals surface area (Å²) >= 11 is 0. The molecule has 3 nitrogen and oxygen atoms in total. The van der Waals surface area contributed by atoms with Gasteiger partial charge in [-0.3, -0.25) is 4.90 Å². The van der Waals surface area contributed by atoms with Gasteiger partial charge in [-0.1, -0.05) is 20.8 Å². The highest BCUT2D eigenvalue weighted by atomic mass is 16.3. The van der Waals surface area contributed by atoms with E-state index in [9.17, 15) is 5.11 Å². The molecular formula is C15H30N2O. The van der Waals surface area contributed by atoms with Gasteiger partial charge < -0.3 is 10.0 Å². The zero-order valence-corrected chi connectivity index (χ0v) is 12.7. The van der Waals surface area contributed by atoms with Crippen LogP contribution in [0.5, 0.6) is 0 Å². The second-order valence-electron chi connectivity index (χ2n) is 7.50. The molecule has 0 bridgehead atoms. The molecule has 0 aromatic heterocycles. The van der Waals surface area contributed by atoms with Gasteiger partial charge in [0.1, 0.15) is 0 Å². The van der Waals surface area contributed by atoms with E-state index in [-0.39, 0.29) is 6.10 Å². The summed E-state index contributed by atoms with van der Waals surface area (Å²) in [6, 6.07) is 1.02. The van der Waals surface area contributed by atoms with Gasteiger partial charge in [0.2, 0.25) is 0 Å². The largest absolute Gasteiger partial charge is 0.391 e. The van der Waals surface area contributed by atoms with Gasteiger partial charge in [-0.15, -0.1) is 0 Å². The summed E-state index contributed by atoms with van der Waals surface area (Å²) in [7, 11) is 4.35. The van der Waals surface area contributed by atoms with Crippen molar-refractivity contribution in [2.24, 2.45) is 11.3 Å². The lowest BCUT2D eigenvalue weighted by atomic mass is 9.73. The van der Waals surface area contributed by atoms with Crippen molar-refractivity contribution >= 4 is 0 Å². The van der Waals surface area contributed by atoms with Gasteiger partial charge in [0, 0.05) is 25.2 Å². The maximum atomic E-state index is 10.3. The third-order valence-electron chi connectivity index (χ3n) is 5.06. The van der Waals surface area contributed by atoms with Crippen molar-refractivity contribution < 1.29 is 5.11 Å². The third-order valence-corrected chi connectivity index (χ3v) is 5.06. The summed E-state index contributed by atoms with van der Waals surface area (Å²) in [6.07, 6.45) is 3.15. The lowest BCUT2D eigenvalue weighted by Crippen LogP contribution is -2.49. The van der Waals surface area contributed by atoms with Gasteiger partial charge in [-0.25, -0.2) is 0 Å². The Morgan fingerprint density at radius 2 is 1.89 bits per heavy atom. The van der Waals surface area contributed by atoms with E-state index < -0.39 is 0 Å². The van der Waals surface area contributed by atoms with E-state index in [1.807, 2.05) is 0 Å². The fraction of sp³-hybridized carbons (Fsp3) is 1.00. The van der Waals surface area contributed by atoms with Gasteiger partial charge in [0.25, 0.3) is 0 Å². The smallest absolute Gasteiger partial charge is 0.0695 e. The van der Waals surface area contributed by atoms with Crippen LogP contribution in [0, 0.1) is 11.3 Å². The van der Waals surface area contributed by atoms with Crippen LogP contribution in [0.3, 0.4) is 0 Å². The molecule has 0 aromatic rings. The second kappa shape index (κ2) is 5.10. The Morgan fingerprint density at radius 3 is 2.44 bits per heavy atom. The highest BCUT2D eigenvalue weighted by molar-refractivity contribution is 4.96. The second-order valence-corrected chi connectivity index (χ2v) is 7.50. The first-order valence-corrected chi connectivity index (χ1v) is 7.39. The van der Waals surface area contributed by atoms with Gasteiger partial charge in [-0.05, 0) is 44.7 Å². The van der Waals surface area contributed by atoms with Crippen LogP contribution in [0.25, 0.3) is 0 Å². The number of hydrogen-bond acceptors (Lipinski definition) is 3. The van der Waals surface area contributed by atoms with Gasteiger partial charge in [0.15, 0.2) is 0 Å². The summed E-state index contributed by atoms with van der Waals surface area (Å²) < 4.78 is 0. The molecular weight excluding hydrogens is 224 g/mol. The first kappa shape index (κ1) is 14.3. The molecule has 2 rings (SSSR count). The van der Waals surface area contributed by atoms with E-state index in [0.717, 1.165) is 32.4 Å². The van der Waals surface area contributed by atoms with E-state index in [1.165, 1.54) is 0 Å². The van der Waals surface area contributed by atoms with Crippen LogP contribution >= 0.6 is 0 Å². The van der Waals surface area contributed by atoms with Gasteiger partial charge in [0.05, 0.1) is 6.10 Å². The molecule has 0 radical (unpaired) electrons. The topological polar surface area (TPSA) is 26.7 Å². The molecule has 4 atom stereocenters. The number of hydrogen-bond donors (Lipinski definition) is 1. The molecule has 4 unspecified atom stereocenters. The zero-order valence-electron chi connectivity index (χ0n) is 12.7. The number of nitrogens with zero attached hydrogens (tertiary/aromatic N) is 2. The minimum Gasteiger partial charge on any atom is -0.391 e. The molecule has 1 N–H and O–H groups in total. The molecule has 1 aliphatic heterocycles. The minimum absolute atomic E-state index is 0.119. The zero-order chi connectivity index (χ0) is 13.5. The van der Waals surface area contributed by atoms with Crippen LogP contribution in [0.4, 0.5) is 0 Å². The fourth-order valence-electron chi connectivity index (χ4n) is 3.84. The number of likely N-dealkylation sites (tertiary alicyclic amines) is 1. The average Bonchev–Trinajstić information content (AvgIpc) is 2.64. The van der Waals surface area contributed by atoms with Crippen LogP contribution < -0.4 is 0 Å². The molecule has 0 spiro atoms. The molecule has 2 fully saturated rings. The Kier molecular flexibility index (Phi) is 4.05. The molecule has 106 valence electrons. The SMILES string of the molecule is CC1CN(C2CC(C)(C)CCC2O)CC1N(C)C. The molecule has 0 aromatic carbocycles. The summed E-state index contributed by atoms with van der Waals surface area (Å²) in [5.41, 5.74) is 0.392. The molecule has 0 amide bonds. The third kappa shape index (κ3) is 2.89. The minimum atomic E-state index is -0.119. The van der Waals surface area contributed by atoms with E-state index in [2.05, 4.69) is 44.7 Å². The predicted octanol–water partition coefficient (Wildman–Crippen LogP) is 1.81. The lowest BCUT2D eigenvalue weighted by molar-refractivity contribution is -0.0107. The number of aliphatic hydroxyl groups excluding tert-OH is 1. The van der Waals surface area contributed by atoms with Crippen molar-refractivity contribution in [1.29, 1.82) is 0 Å². The summed E-state index contributed by atoms with van der Waals surface area (Å²) in [5, 5.41) is 10.3. The molecule has 18 heavy (non-hydrogen) atoms. The van der Waals surface area contributed by atoms with Crippen molar-refractivity contribution in [2.45, 2.75) is 58.2 Å². The number of likely N-dealkylation sites (N-methyl/N-ethyl adjacent to an activating group) is 1. The highest BCUT2D eigenvalue weighted by Crippen LogP contribution is 2.39. The highest BCUT2D eigenvalue weighted by Gasteiger charge is 2.41. The molecule has 1 saturated heterocycles. The number of rotatable bonds is 2. The molecule has 1 saturated carbocycles. The lowest BCUT2D eigenvalue weighted by Gasteiger charge is -2.43. The van der Waals surface area contributed by atoms with Crippen LogP contribution in [0.2, 0.25) is 0 Å². The molecule has 2 aliphatic rings. The van der Waals surface area contributed by atoms with Crippen LogP contribution in [-0.2, 0) is 0 Å². The van der Waals surface area contributed by atoms with E-state index >= 15 is 0 Å². The Balaban J connectivity index is 2.03. The van der Waals surface area contributed by atoms with Gasteiger partial charge in [-0.2, -0.15) is 0 Å². The fourth-order valence-corrected chi connectivity index (χ4v) is 3.84. The van der Waals surface area contributed by atoms with Crippen LogP contribution in [-0.4, -0.2) is 60.3 Å². The van der Waals surface area contributed by atoms with E-state index in [0.29, 0.717) is 23.4 Å². The molecule has 1 heterocycles. The van der Waals surface area contributed by atoms with Crippen molar-refractivity contribution in [1.82, 2.24) is 9.80 Å². The summed E-state index contributed by atoms with van der Waals surface area (Å²) in [5.74, 6) is 0.706. The Hall–Kier alpha value is -0.120. The Bertz CT molecular complexity index is 290. The predicted molar refractivity (Wildman–Crippen MR) is 75.6 cm³/mol. The first-order chi connectivity index (χ1) is 8.30. The van der Waals surface area contributed by atoms with E-state index in [4.69, 9.17) is 0 Å². The standard InChI is InChI=1S/C15H30N2O/c1-11-9-17(10-13(11)16(4)5)12-8-15(2,3)7-6-14(12)18/h11-14,18H,6-10H2,1-5H3. The number of aliphatic hydroxyl groups is 1. The van der Waals surface area contributed by atoms with Crippen molar-refractivity contribution in [3.05, 3.63) is 0 Å².